The first-order valence-electron chi connectivity index (χ1n) is 7.04. The summed E-state index contributed by atoms with van der Waals surface area (Å²) >= 11 is 0.761. The molecule has 0 aromatic rings. The van der Waals surface area contributed by atoms with Gasteiger partial charge in [-0.15, -0.1) is 11.8 Å². The summed E-state index contributed by atoms with van der Waals surface area (Å²) in [6.07, 6.45) is -10.4. The molecule has 0 saturated carbocycles. The summed E-state index contributed by atoms with van der Waals surface area (Å²) in [5.74, 6) is -2.55. The quantitative estimate of drug-likeness (QED) is 0.242. The van der Waals surface area contributed by atoms with Gasteiger partial charge in [-0.1, -0.05) is 0 Å². The highest BCUT2D eigenvalue weighted by molar-refractivity contribution is 7.99. The van der Waals surface area contributed by atoms with Crippen molar-refractivity contribution in [2.45, 2.75) is 54.0 Å². The van der Waals surface area contributed by atoms with Gasteiger partial charge in [0, 0.05) is 0 Å². The number of aliphatic hydroxyl groups excluding tert-OH is 7. The molecule has 2 aliphatic heterocycles. The SMILES string of the molecule is OC[C@H]1O[C@@H](SCC2(O)OC[C@@H](O)[C@@H](O)[C@@H]2O)[C@H](O)[C@@H](O)[C@@H]1O. The Labute approximate surface area is 135 Å². The van der Waals surface area contributed by atoms with Crippen LogP contribution in [0, 0.1) is 0 Å². The van der Waals surface area contributed by atoms with Gasteiger partial charge in [-0.3, -0.25) is 0 Å². The first-order valence-corrected chi connectivity index (χ1v) is 8.09. The topological polar surface area (TPSA) is 180 Å². The molecule has 9 atom stereocenters. The number of hydrogen-bond acceptors (Lipinski definition) is 11. The van der Waals surface area contributed by atoms with E-state index in [0.717, 1.165) is 11.8 Å². The lowest BCUT2D eigenvalue weighted by Crippen LogP contribution is -2.63. The van der Waals surface area contributed by atoms with E-state index in [9.17, 15) is 35.7 Å². The Kier molecular flexibility index (Phi) is 6.25. The summed E-state index contributed by atoms with van der Waals surface area (Å²) in [6, 6.07) is 0. The highest BCUT2D eigenvalue weighted by Gasteiger charge is 2.50. The zero-order valence-corrected chi connectivity index (χ0v) is 12.9. The van der Waals surface area contributed by atoms with E-state index in [0.29, 0.717) is 0 Å². The van der Waals surface area contributed by atoms with Crippen molar-refractivity contribution in [3.8, 4) is 0 Å². The van der Waals surface area contributed by atoms with Gasteiger partial charge in [0.25, 0.3) is 0 Å². The van der Waals surface area contributed by atoms with E-state index < -0.39 is 67.2 Å². The van der Waals surface area contributed by atoms with Crippen molar-refractivity contribution in [2.75, 3.05) is 19.0 Å². The van der Waals surface area contributed by atoms with Crippen molar-refractivity contribution in [3.63, 3.8) is 0 Å². The first kappa shape index (κ1) is 19.3. The lowest BCUT2D eigenvalue weighted by Gasteiger charge is -2.43. The van der Waals surface area contributed by atoms with E-state index in [1.807, 2.05) is 0 Å². The molecule has 0 spiro atoms. The minimum absolute atomic E-state index is 0.360. The van der Waals surface area contributed by atoms with Crippen LogP contribution < -0.4 is 0 Å². The molecule has 2 heterocycles. The van der Waals surface area contributed by atoms with Crippen molar-refractivity contribution in [2.24, 2.45) is 0 Å². The largest absolute Gasteiger partial charge is 0.394 e. The maximum Gasteiger partial charge on any atom is 0.204 e. The molecule has 0 aliphatic carbocycles. The normalized spacial score (nSPS) is 51.7. The standard InChI is InChI=1S/C12H22O10S/c13-1-5-7(16)8(17)9(18)11(22-5)23-3-12(20)10(19)6(15)4(14)2-21-12/h4-11,13-20H,1-3H2/t4-,5-,6-,7-,8+,9-,10+,11+,12?/m1/s1. The van der Waals surface area contributed by atoms with Crippen molar-refractivity contribution in [1.82, 2.24) is 0 Å². The summed E-state index contributed by atoms with van der Waals surface area (Å²) in [7, 11) is 0. The summed E-state index contributed by atoms with van der Waals surface area (Å²) in [5.41, 5.74) is -1.12. The Balaban J connectivity index is 1.99. The fourth-order valence-electron chi connectivity index (χ4n) is 2.42. The van der Waals surface area contributed by atoms with E-state index in [2.05, 4.69) is 0 Å². The summed E-state index contributed by atoms with van der Waals surface area (Å²) in [5, 5.41) is 77.3. The number of rotatable bonds is 4. The first-order chi connectivity index (χ1) is 10.7. The zero-order chi connectivity index (χ0) is 17.4. The van der Waals surface area contributed by atoms with Crippen LogP contribution in [0.5, 0.6) is 0 Å². The molecule has 23 heavy (non-hydrogen) atoms. The summed E-state index contributed by atoms with van der Waals surface area (Å²) in [6.45, 7) is -0.986. The van der Waals surface area contributed by atoms with Crippen LogP contribution in [0.1, 0.15) is 0 Å². The second-order valence-corrected chi connectivity index (χ2v) is 6.75. The molecule has 0 amide bonds. The van der Waals surface area contributed by atoms with Crippen LogP contribution in [0.15, 0.2) is 0 Å². The zero-order valence-electron chi connectivity index (χ0n) is 12.0. The number of hydrogen-bond donors (Lipinski definition) is 8. The minimum Gasteiger partial charge on any atom is -0.394 e. The van der Waals surface area contributed by atoms with Gasteiger partial charge in [-0.05, 0) is 0 Å². The Bertz CT molecular complexity index is 398. The van der Waals surface area contributed by atoms with E-state index >= 15 is 0 Å². The van der Waals surface area contributed by atoms with Crippen LogP contribution in [-0.2, 0) is 9.47 Å². The lowest BCUT2D eigenvalue weighted by molar-refractivity contribution is -0.309. The second-order valence-electron chi connectivity index (χ2n) is 5.67. The van der Waals surface area contributed by atoms with Crippen molar-refractivity contribution < 1.29 is 50.3 Å². The van der Waals surface area contributed by atoms with Crippen molar-refractivity contribution >= 4 is 11.8 Å². The third-order valence-corrected chi connectivity index (χ3v) is 5.29. The molecule has 0 aromatic carbocycles. The van der Waals surface area contributed by atoms with E-state index in [1.54, 1.807) is 0 Å². The molecule has 0 radical (unpaired) electrons. The van der Waals surface area contributed by atoms with Gasteiger partial charge in [0.1, 0.15) is 48.2 Å². The molecule has 11 heteroatoms. The number of aliphatic hydroxyl groups is 8. The highest BCUT2D eigenvalue weighted by Crippen LogP contribution is 2.33. The second kappa shape index (κ2) is 7.45. The number of ether oxygens (including phenoxy) is 2. The molecule has 0 bridgehead atoms. The Morgan fingerprint density at radius 1 is 0.957 bits per heavy atom. The predicted molar refractivity (Wildman–Crippen MR) is 75.1 cm³/mol. The summed E-state index contributed by atoms with van der Waals surface area (Å²) < 4.78 is 10.2. The Hall–Kier alpha value is -0.0500. The molecular weight excluding hydrogens is 336 g/mol. The van der Waals surface area contributed by atoms with Crippen LogP contribution in [0.3, 0.4) is 0 Å². The van der Waals surface area contributed by atoms with Crippen LogP contribution in [0.4, 0.5) is 0 Å². The van der Waals surface area contributed by atoms with Crippen LogP contribution >= 0.6 is 11.8 Å². The lowest BCUT2D eigenvalue weighted by atomic mass is 9.98. The predicted octanol–water partition coefficient (Wildman–Crippen LogP) is -4.68. The van der Waals surface area contributed by atoms with Gasteiger partial charge in [-0.2, -0.15) is 0 Å². The number of thioether (sulfide) groups is 1. The van der Waals surface area contributed by atoms with E-state index in [1.165, 1.54) is 0 Å². The maximum atomic E-state index is 10.2. The molecule has 0 aromatic heterocycles. The Morgan fingerprint density at radius 3 is 2.22 bits per heavy atom. The molecule has 136 valence electrons. The average Bonchev–Trinajstić information content (AvgIpc) is 2.54. The molecule has 2 saturated heterocycles. The van der Waals surface area contributed by atoms with Crippen molar-refractivity contribution in [3.05, 3.63) is 0 Å². The van der Waals surface area contributed by atoms with Crippen LogP contribution in [-0.4, -0.2) is 114 Å². The molecule has 2 rings (SSSR count). The Morgan fingerprint density at radius 2 is 1.61 bits per heavy atom. The monoisotopic (exact) mass is 358 g/mol. The fourth-order valence-corrected chi connectivity index (χ4v) is 3.66. The molecule has 10 nitrogen and oxygen atoms in total. The van der Waals surface area contributed by atoms with Gasteiger partial charge >= 0.3 is 0 Å². The summed E-state index contributed by atoms with van der Waals surface area (Å²) in [4.78, 5) is 0. The molecule has 2 fully saturated rings. The smallest absolute Gasteiger partial charge is 0.204 e. The average molecular weight is 358 g/mol. The van der Waals surface area contributed by atoms with Gasteiger partial charge in [0.15, 0.2) is 0 Å². The third kappa shape index (κ3) is 3.80. The minimum atomic E-state index is -2.19. The van der Waals surface area contributed by atoms with Crippen LogP contribution in [0.2, 0.25) is 0 Å². The van der Waals surface area contributed by atoms with Crippen molar-refractivity contribution in [1.29, 1.82) is 0 Å². The molecule has 2 aliphatic rings. The third-order valence-electron chi connectivity index (χ3n) is 3.99. The van der Waals surface area contributed by atoms with Crippen LogP contribution in [0.25, 0.3) is 0 Å². The van der Waals surface area contributed by atoms with Gasteiger partial charge in [-0.25, -0.2) is 0 Å². The fraction of sp³-hybridized carbons (Fsp3) is 1.00. The van der Waals surface area contributed by atoms with E-state index in [-0.39, 0.29) is 5.75 Å². The van der Waals surface area contributed by atoms with Gasteiger partial charge < -0.3 is 50.3 Å². The highest BCUT2D eigenvalue weighted by atomic mass is 32.2. The van der Waals surface area contributed by atoms with Gasteiger partial charge in [0.05, 0.1) is 19.0 Å². The van der Waals surface area contributed by atoms with E-state index in [4.69, 9.17) is 14.6 Å². The maximum absolute atomic E-state index is 10.2. The van der Waals surface area contributed by atoms with Gasteiger partial charge in [0.2, 0.25) is 5.79 Å². The molecule has 8 N–H and O–H groups in total. The molecular formula is C12H22O10S. The molecule has 1 unspecified atom stereocenters.